The lowest BCUT2D eigenvalue weighted by Gasteiger charge is -2.19. The molecule has 0 radical (unpaired) electrons. The second-order valence-corrected chi connectivity index (χ2v) is 4.13. The summed E-state index contributed by atoms with van der Waals surface area (Å²) in [6.07, 6.45) is 1.93. The zero-order valence-corrected chi connectivity index (χ0v) is 9.29. The van der Waals surface area contributed by atoms with Crippen molar-refractivity contribution in [3.05, 3.63) is 35.1 Å². The lowest BCUT2D eigenvalue weighted by atomic mass is 10.2. The number of likely N-dealkylation sites (tertiary alicyclic amines) is 1. The molecule has 5 heteroatoms. The highest BCUT2D eigenvalue weighted by atomic mass is 32.1. The number of thiocarbonyl (C=S) groups is 1. The topological polar surface area (TPSA) is 3.24 Å². The van der Waals surface area contributed by atoms with Gasteiger partial charge in [-0.15, -0.1) is 0 Å². The van der Waals surface area contributed by atoms with Crippen molar-refractivity contribution >= 4 is 17.2 Å². The van der Waals surface area contributed by atoms with Crippen molar-refractivity contribution in [2.24, 2.45) is 0 Å². The van der Waals surface area contributed by atoms with Crippen molar-refractivity contribution in [1.29, 1.82) is 0 Å². The Hall–Kier alpha value is -1.10. The molecule has 0 atom stereocenters. The predicted molar refractivity (Wildman–Crippen MR) is 58.8 cm³/mol. The van der Waals surface area contributed by atoms with E-state index < -0.39 is 17.5 Å². The minimum atomic E-state index is -0.936. The van der Waals surface area contributed by atoms with Crippen molar-refractivity contribution in [2.45, 2.75) is 12.8 Å². The molecule has 1 nitrogen and oxygen atoms in total. The van der Waals surface area contributed by atoms with Crippen LogP contribution in [-0.4, -0.2) is 23.0 Å². The van der Waals surface area contributed by atoms with Crippen LogP contribution in [0.5, 0.6) is 0 Å². The molecule has 1 saturated heterocycles. The molecule has 1 fully saturated rings. The number of halogens is 3. The average Bonchev–Trinajstić information content (AvgIpc) is 2.67. The third-order valence-electron chi connectivity index (χ3n) is 2.61. The summed E-state index contributed by atoms with van der Waals surface area (Å²) in [6.45, 7) is 1.41. The molecule has 0 unspecified atom stereocenters. The lowest BCUT2D eigenvalue weighted by Crippen LogP contribution is -2.28. The Kier molecular flexibility index (Phi) is 3.14. The smallest absolute Gasteiger partial charge is 0.139 e. The third-order valence-corrected chi connectivity index (χ3v) is 3.08. The van der Waals surface area contributed by atoms with Crippen molar-refractivity contribution in [1.82, 2.24) is 4.90 Å². The summed E-state index contributed by atoms with van der Waals surface area (Å²) in [6, 6.07) is 1.31. The lowest BCUT2D eigenvalue weighted by molar-refractivity contribution is 0.507. The molecule has 0 bridgehead atoms. The van der Waals surface area contributed by atoms with E-state index in [4.69, 9.17) is 12.2 Å². The molecule has 0 aromatic heterocycles. The fraction of sp³-hybridized carbons (Fsp3) is 0.364. The monoisotopic (exact) mass is 245 g/mol. The largest absolute Gasteiger partial charge is 0.362 e. The van der Waals surface area contributed by atoms with Gasteiger partial charge in [-0.25, -0.2) is 13.2 Å². The number of hydrogen-bond acceptors (Lipinski definition) is 1. The van der Waals surface area contributed by atoms with Crippen LogP contribution in [0.25, 0.3) is 0 Å². The SMILES string of the molecule is Fc1cc(F)c(C(=S)N2CCCC2)c(F)c1. The summed E-state index contributed by atoms with van der Waals surface area (Å²) in [7, 11) is 0. The summed E-state index contributed by atoms with van der Waals surface area (Å²) < 4.78 is 39.6. The Morgan fingerprint density at radius 1 is 1.06 bits per heavy atom. The van der Waals surface area contributed by atoms with Gasteiger partial charge in [-0.1, -0.05) is 12.2 Å². The molecule has 2 rings (SSSR count). The maximum Gasteiger partial charge on any atom is 0.139 e. The first-order chi connectivity index (χ1) is 7.59. The molecule has 86 valence electrons. The van der Waals surface area contributed by atoms with Crippen LogP contribution in [0.4, 0.5) is 13.2 Å². The van der Waals surface area contributed by atoms with Crippen molar-refractivity contribution in [3.8, 4) is 0 Å². The second kappa shape index (κ2) is 4.41. The highest BCUT2D eigenvalue weighted by Crippen LogP contribution is 2.20. The molecule has 1 aliphatic heterocycles. The van der Waals surface area contributed by atoms with Gasteiger partial charge in [0.15, 0.2) is 0 Å². The van der Waals surface area contributed by atoms with Crippen LogP contribution < -0.4 is 0 Å². The van der Waals surface area contributed by atoms with Crippen molar-refractivity contribution in [3.63, 3.8) is 0 Å². The van der Waals surface area contributed by atoms with Crippen LogP contribution in [0.3, 0.4) is 0 Å². The van der Waals surface area contributed by atoms with Crippen molar-refractivity contribution < 1.29 is 13.2 Å². The Labute approximate surface area is 96.9 Å². The summed E-state index contributed by atoms with van der Waals surface area (Å²) in [5, 5.41) is 0. The number of nitrogens with zero attached hydrogens (tertiary/aromatic N) is 1. The van der Waals surface area contributed by atoms with Gasteiger partial charge in [0.1, 0.15) is 22.4 Å². The maximum absolute atomic E-state index is 13.4. The summed E-state index contributed by atoms with van der Waals surface area (Å²) >= 11 is 5.02. The summed E-state index contributed by atoms with van der Waals surface area (Å²) in [5.74, 6) is -2.80. The highest BCUT2D eigenvalue weighted by molar-refractivity contribution is 7.80. The quantitative estimate of drug-likeness (QED) is 0.700. The van der Waals surface area contributed by atoms with Gasteiger partial charge in [-0.3, -0.25) is 0 Å². The van der Waals surface area contributed by atoms with Gasteiger partial charge >= 0.3 is 0 Å². The Morgan fingerprint density at radius 2 is 1.56 bits per heavy atom. The maximum atomic E-state index is 13.4. The first-order valence-electron chi connectivity index (χ1n) is 5.03. The Morgan fingerprint density at radius 3 is 2.06 bits per heavy atom. The van der Waals surface area contributed by atoms with Crippen LogP contribution >= 0.6 is 12.2 Å². The normalized spacial score (nSPS) is 15.6. The van der Waals surface area contributed by atoms with E-state index in [1.807, 2.05) is 0 Å². The van der Waals surface area contributed by atoms with Crippen LogP contribution in [-0.2, 0) is 0 Å². The van der Waals surface area contributed by atoms with Gasteiger partial charge < -0.3 is 4.90 Å². The van der Waals surface area contributed by atoms with Gasteiger partial charge in [0.05, 0.1) is 5.56 Å². The van der Waals surface area contributed by atoms with Gasteiger partial charge in [0, 0.05) is 25.2 Å². The van der Waals surface area contributed by atoms with Crippen LogP contribution in [0.15, 0.2) is 12.1 Å². The minimum absolute atomic E-state index is 0.132. The Bertz CT molecular complexity index is 404. The van der Waals surface area contributed by atoms with E-state index >= 15 is 0 Å². The fourth-order valence-electron chi connectivity index (χ4n) is 1.82. The van der Waals surface area contributed by atoms with E-state index in [0.717, 1.165) is 12.8 Å². The molecule has 0 aliphatic carbocycles. The molecular weight excluding hydrogens is 235 g/mol. The molecule has 1 aromatic rings. The highest BCUT2D eigenvalue weighted by Gasteiger charge is 2.22. The molecule has 0 amide bonds. The van der Waals surface area contributed by atoms with E-state index in [-0.39, 0.29) is 10.6 Å². The van der Waals surface area contributed by atoms with Crippen LogP contribution in [0.2, 0.25) is 0 Å². The van der Waals surface area contributed by atoms with Crippen molar-refractivity contribution in [2.75, 3.05) is 13.1 Å². The average molecular weight is 245 g/mol. The molecule has 0 N–H and O–H groups in total. The fourth-order valence-corrected chi connectivity index (χ4v) is 2.20. The number of benzene rings is 1. The summed E-state index contributed by atoms with van der Waals surface area (Å²) in [5.41, 5.74) is -0.293. The van der Waals surface area contributed by atoms with Gasteiger partial charge in [-0.05, 0) is 12.8 Å². The first-order valence-corrected chi connectivity index (χ1v) is 5.44. The van der Waals surface area contributed by atoms with E-state index in [0.29, 0.717) is 25.2 Å². The number of rotatable bonds is 1. The summed E-state index contributed by atoms with van der Waals surface area (Å²) in [4.78, 5) is 1.88. The second-order valence-electron chi connectivity index (χ2n) is 3.74. The molecular formula is C11H10F3NS. The van der Waals surface area contributed by atoms with E-state index in [2.05, 4.69) is 0 Å². The zero-order chi connectivity index (χ0) is 11.7. The third kappa shape index (κ3) is 2.04. The first kappa shape index (κ1) is 11.4. The van der Waals surface area contributed by atoms with Crippen LogP contribution in [0, 0.1) is 17.5 Å². The van der Waals surface area contributed by atoms with E-state index in [1.165, 1.54) is 0 Å². The predicted octanol–water partition coefficient (Wildman–Crippen LogP) is 2.88. The molecule has 1 aromatic carbocycles. The molecule has 0 spiro atoms. The van der Waals surface area contributed by atoms with Gasteiger partial charge in [0.2, 0.25) is 0 Å². The molecule has 0 saturated carbocycles. The molecule has 1 aliphatic rings. The van der Waals surface area contributed by atoms with E-state index in [1.54, 1.807) is 4.90 Å². The minimum Gasteiger partial charge on any atom is -0.362 e. The van der Waals surface area contributed by atoms with Crippen LogP contribution in [0.1, 0.15) is 18.4 Å². The van der Waals surface area contributed by atoms with Gasteiger partial charge in [0.25, 0.3) is 0 Å². The molecule has 1 heterocycles. The molecule has 16 heavy (non-hydrogen) atoms. The Balaban J connectivity index is 2.35. The standard InChI is InChI=1S/C11H10F3NS/c12-7-5-8(13)10(9(14)6-7)11(16)15-3-1-2-4-15/h5-6H,1-4H2. The van der Waals surface area contributed by atoms with E-state index in [9.17, 15) is 13.2 Å². The van der Waals surface area contributed by atoms with Gasteiger partial charge in [-0.2, -0.15) is 0 Å². The zero-order valence-electron chi connectivity index (χ0n) is 8.47. The number of hydrogen-bond donors (Lipinski definition) is 0.